The zero-order valence-electron chi connectivity index (χ0n) is 36.4. The maximum absolute atomic E-state index is 12.9. The molecule has 4 aromatic rings. The van der Waals surface area contributed by atoms with E-state index in [1.54, 1.807) is 13.2 Å². The molecule has 9 rings (SSSR count). The summed E-state index contributed by atoms with van der Waals surface area (Å²) in [6.45, 7) is 12.9. The number of ether oxygens (including phenoxy) is 2. The van der Waals surface area contributed by atoms with Gasteiger partial charge in [0.25, 0.3) is 0 Å². The van der Waals surface area contributed by atoms with Crippen molar-refractivity contribution < 1.29 is 24.5 Å². The second-order valence-electron chi connectivity index (χ2n) is 18.8. The van der Waals surface area contributed by atoms with Gasteiger partial charge in [0.15, 0.2) is 22.5 Å². The van der Waals surface area contributed by atoms with E-state index in [0.29, 0.717) is 58.7 Å². The van der Waals surface area contributed by atoms with Crippen LogP contribution in [0.25, 0.3) is 15.8 Å². The van der Waals surface area contributed by atoms with E-state index in [1.807, 2.05) is 43.0 Å². The molecular formula is C46H61N9O5S. The molecule has 5 N–H and O–H groups in total. The van der Waals surface area contributed by atoms with Crippen molar-refractivity contribution in [2.75, 3.05) is 63.8 Å². The Balaban J connectivity index is 0.989. The molecule has 4 saturated carbocycles. The number of nitrogens with one attached hydrogen (secondary N) is 3. The summed E-state index contributed by atoms with van der Waals surface area (Å²) >= 11 is 1.53. The number of hydrogen-bond donors (Lipinski definition) is 5. The molecule has 0 amide bonds. The summed E-state index contributed by atoms with van der Waals surface area (Å²) in [6, 6.07) is 9.42. The molecule has 5 unspecified atom stereocenters. The number of likely N-dealkylation sites (N-methyl/N-ethyl adjacent to an activating group) is 1. The number of aliphatic hydroxyl groups excluding tert-OH is 1. The van der Waals surface area contributed by atoms with Gasteiger partial charge in [-0.3, -0.25) is 0 Å². The Labute approximate surface area is 362 Å². The average Bonchev–Trinajstić information content (AvgIpc) is 3.57. The summed E-state index contributed by atoms with van der Waals surface area (Å²) in [6.07, 6.45) is 10.4. The molecule has 3 aromatic heterocycles. The first-order valence-electron chi connectivity index (χ1n) is 21.7. The number of carbonyl (C=O) groups is 1. The monoisotopic (exact) mass is 851 g/mol. The molecule has 4 fully saturated rings. The third kappa shape index (κ3) is 8.84. The van der Waals surface area contributed by atoms with Gasteiger partial charge in [0.2, 0.25) is 0 Å². The largest absolute Gasteiger partial charge is 0.497 e. The number of aliphatic hydroxyl groups is 1. The van der Waals surface area contributed by atoms with Gasteiger partial charge in [0.1, 0.15) is 11.6 Å². The SMILES string of the molecule is COc1ccc2sc(Nc3nnc4c(c3C)CCCN4c3ccc(/C(C=N)=C(\C)NCC4CC5(C)CC6(C)CC4CC(OCCN(C)CCCO)(C5)C6)c(C(=O)O)n3)nc2c1. The van der Waals surface area contributed by atoms with Gasteiger partial charge in [-0.05, 0) is 126 Å². The van der Waals surface area contributed by atoms with Gasteiger partial charge in [0, 0.05) is 73.0 Å². The van der Waals surface area contributed by atoms with E-state index in [2.05, 4.69) is 46.6 Å². The highest BCUT2D eigenvalue weighted by atomic mass is 32.1. The predicted molar refractivity (Wildman–Crippen MR) is 241 cm³/mol. The highest BCUT2D eigenvalue weighted by molar-refractivity contribution is 7.22. The third-order valence-corrected chi connectivity index (χ3v) is 14.7. The highest BCUT2D eigenvalue weighted by Crippen LogP contribution is 2.66. The standard InChI is InChI=1S/C46H61N9O5S/c1-28-33-9-7-15-55(41(33)53-52-40(28)51-43-49-36-19-32(59-6)10-12-37(36)61-43)38-13-11-34(39(50-38)42(57)58)35(23-47)29(2)48-24-31-21-45(4)25-44(3)20-30(31)22-46(26-44,27-45)60-18-16-54(5)14-8-17-56/h10-13,19,23,30-31,47-48,56H,7-9,14-18,20-22,24-27H2,1-6H3,(H,57,58)(H,49,51,52)/b35-29+,47-23?. The zero-order valence-corrected chi connectivity index (χ0v) is 37.3. The highest BCUT2D eigenvalue weighted by Gasteiger charge is 2.60. The summed E-state index contributed by atoms with van der Waals surface area (Å²) < 4.78 is 13.3. The number of hydrogen-bond acceptors (Lipinski definition) is 14. The van der Waals surface area contributed by atoms with Crippen LogP contribution in [0.1, 0.15) is 99.3 Å². The number of aromatic carboxylic acids is 1. The fraction of sp³-hybridized carbons (Fsp3) is 0.565. The fourth-order valence-electron chi connectivity index (χ4n) is 11.6. The maximum atomic E-state index is 12.9. The van der Waals surface area contributed by atoms with Crippen LogP contribution >= 0.6 is 11.3 Å². The van der Waals surface area contributed by atoms with Crippen LogP contribution in [-0.4, -0.2) is 107 Å². The van der Waals surface area contributed by atoms with Gasteiger partial charge in [-0.1, -0.05) is 25.2 Å². The first kappa shape index (κ1) is 43.0. The minimum absolute atomic E-state index is 0.105. The van der Waals surface area contributed by atoms with Crippen LogP contribution in [0.2, 0.25) is 0 Å². The number of carboxylic acid groups (broad SMARTS) is 1. The zero-order chi connectivity index (χ0) is 43.1. The third-order valence-electron chi connectivity index (χ3n) is 13.8. The molecule has 326 valence electrons. The lowest BCUT2D eigenvalue weighted by Gasteiger charge is -2.56. The number of carboxylic acids is 1. The Kier molecular flexibility index (Phi) is 12.1. The molecule has 0 radical (unpaired) electrons. The van der Waals surface area contributed by atoms with Crippen molar-refractivity contribution in [2.24, 2.45) is 22.7 Å². The first-order chi connectivity index (χ1) is 29.2. The van der Waals surface area contributed by atoms with Crippen LogP contribution in [0, 0.1) is 35.0 Å². The first-order valence-corrected chi connectivity index (χ1v) is 22.5. The van der Waals surface area contributed by atoms with Gasteiger partial charge in [-0.25, -0.2) is 14.8 Å². The number of nitrogens with zero attached hydrogens (tertiary/aromatic N) is 6. The number of anilines is 4. The number of aromatic nitrogens is 4. The van der Waals surface area contributed by atoms with E-state index in [9.17, 15) is 15.0 Å². The van der Waals surface area contributed by atoms with E-state index in [4.69, 9.17) is 24.9 Å². The van der Waals surface area contributed by atoms with Gasteiger partial charge >= 0.3 is 5.97 Å². The number of methoxy groups -OCH3 is 1. The fourth-order valence-corrected chi connectivity index (χ4v) is 12.5. The van der Waals surface area contributed by atoms with Gasteiger partial charge in [-0.2, -0.15) is 0 Å². The topological polar surface area (TPSA) is 182 Å². The van der Waals surface area contributed by atoms with E-state index in [0.717, 1.165) is 97.4 Å². The average molecular weight is 852 g/mol. The normalized spacial score (nSPS) is 25.9. The Bertz CT molecular complexity index is 2340. The second-order valence-corrected chi connectivity index (χ2v) is 19.9. The lowest BCUT2D eigenvalue weighted by Crippen LogP contribution is -2.53. The number of allylic oxidation sites excluding steroid dienone is 2. The molecule has 1 aromatic carbocycles. The smallest absolute Gasteiger partial charge is 0.355 e. The molecule has 61 heavy (non-hydrogen) atoms. The van der Waals surface area contributed by atoms with Gasteiger partial charge in [-0.15, -0.1) is 10.2 Å². The lowest BCUT2D eigenvalue weighted by molar-refractivity contribution is -0.165. The summed E-state index contributed by atoms with van der Waals surface area (Å²) in [4.78, 5) is 26.6. The Morgan fingerprint density at radius 2 is 1.90 bits per heavy atom. The van der Waals surface area contributed by atoms with Crippen molar-refractivity contribution in [1.29, 1.82) is 5.41 Å². The van der Waals surface area contributed by atoms with Crippen molar-refractivity contribution in [3.05, 3.63) is 58.4 Å². The molecule has 15 heteroatoms. The van der Waals surface area contributed by atoms with E-state index in [1.165, 1.54) is 30.4 Å². The minimum atomic E-state index is -1.15. The molecule has 1 aliphatic heterocycles. The van der Waals surface area contributed by atoms with Crippen LogP contribution < -0.4 is 20.3 Å². The van der Waals surface area contributed by atoms with Crippen molar-refractivity contribution in [1.82, 2.24) is 30.4 Å². The van der Waals surface area contributed by atoms with Crippen LogP contribution in [0.5, 0.6) is 5.75 Å². The van der Waals surface area contributed by atoms with E-state index >= 15 is 0 Å². The van der Waals surface area contributed by atoms with Crippen LogP contribution in [0.4, 0.5) is 22.6 Å². The number of rotatable bonds is 17. The molecule has 5 atom stereocenters. The van der Waals surface area contributed by atoms with Crippen molar-refractivity contribution in [3.63, 3.8) is 0 Å². The summed E-state index contributed by atoms with van der Waals surface area (Å²) in [5.74, 6) is 2.29. The van der Waals surface area contributed by atoms with E-state index in [-0.39, 0.29) is 28.7 Å². The van der Waals surface area contributed by atoms with Crippen molar-refractivity contribution >= 4 is 61.9 Å². The van der Waals surface area contributed by atoms with Crippen LogP contribution in [-0.2, 0) is 11.2 Å². The van der Waals surface area contributed by atoms with Crippen LogP contribution in [0.3, 0.4) is 0 Å². The summed E-state index contributed by atoms with van der Waals surface area (Å²) in [7, 11) is 3.74. The second kappa shape index (κ2) is 17.2. The Morgan fingerprint density at radius 3 is 2.66 bits per heavy atom. The molecular weight excluding hydrogens is 791 g/mol. The maximum Gasteiger partial charge on any atom is 0.355 e. The lowest BCUT2D eigenvalue weighted by atomic mass is 9.53. The molecule has 0 spiro atoms. The van der Waals surface area contributed by atoms with Gasteiger partial charge in [0.05, 0.1) is 29.5 Å². The summed E-state index contributed by atoms with van der Waals surface area (Å²) in [5.41, 5.74) is 4.69. The minimum Gasteiger partial charge on any atom is -0.497 e. The molecule has 4 aliphatic carbocycles. The number of benzene rings is 1. The number of fused-ring (bicyclic) bond motifs is 3. The molecule has 0 saturated heterocycles. The van der Waals surface area contributed by atoms with Crippen molar-refractivity contribution in [3.8, 4) is 5.75 Å². The Morgan fingerprint density at radius 1 is 1.10 bits per heavy atom. The quantitative estimate of drug-likeness (QED) is 0.0646. The predicted octanol–water partition coefficient (Wildman–Crippen LogP) is 7.99. The van der Waals surface area contributed by atoms with E-state index < -0.39 is 5.97 Å². The summed E-state index contributed by atoms with van der Waals surface area (Å²) in [5, 5.41) is 45.3. The molecule has 4 heterocycles. The molecule has 14 nitrogen and oxygen atoms in total. The molecule has 4 bridgehead atoms. The number of thiazole rings is 1. The molecule has 5 aliphatic rings. The van der Waals surface area contributed by atoms with Crippen molar-refractivity contribution in [2.45, 2.75) is 91.1 Å². The number of pyridine rings is 1. The van der Waals surface area contributed by atoms with Gasteiger partial charge < -0.3 is 45.5 Å². The Hall–Kier alpha value is -4.70. The van der Waals surface area contributed by atoms with Crippen LogP contribution in [0.15, 0.2) is 36.0 Å².